The zero-order chi connectivity index (χ0) is 12.1. The molecule has 3 N–H and O–H groups in total. The van der Waals surface area contributed by atoms with Crippen LogP contribution in [0.2, 0.25) is 0 Å². The molecule has 0 aromatic carbocycles. The molecule has 1 atom stereocenters. The van der Waals surface area contributed by atoms with Crippen LogP contribution in [-0.2, 0) is 0 Å². The van der Waals surface area contributed by atoms with E-state index in [1.54, 1.807) is 0 Å². The fourth-order valence-electron chi connectivity index (χ4n) is 1.63. The average molecular weight is 284 g/mol. The van der Waals surface area contributed by atoms with E-state index in [2.05, 4.69) is 6.92 Å². The van der Waals surface area contributed by atoms with Crippen molar-refractivity contribution in [1.29, 1.82) is 0 Å². The summed E-state index contributed by atoms with van der Waals surface area (Å²) < 4.78 is 0. The fraction of sp³-hybridized carbons (Fsp3) is 1.00. The van der Waals surface area contributed by atoms with E-state index in [1.807, 2.05) is 11.8 Å². The molecule has 0 aromatic heterocycles. The summed E-state index contributed by atoms with van der Waals surface area (Å²) in [6.07, 6.45) is 11.0. The maximum absolute atomic E-state index is 8.74. The number of hydrogen-bond acceptors (Lipinski definition) is 3. The van der Waals surface area contributed by atoms with Crippen LogP contribution in [0.15, 0.2) is 0 Å². The molecule has 0 aliphatic heterocycles. The molecule has 4 heteroatoms. The Morgan fingerprint density at radius 1 is 1.00 bits per heavy atom. The van der Waals surface area contributed by atoms with Gasteiger partial charge in [0.05, 0.1) is 6.61 Å². The summed E-state index contributed by atoms with van der Waals surface area (Å²) in [5.74, 6) is 2.09. The summed E-state index contributed by atoms with van der Waals surface area (Å²) in [6, 6.07) is -0.0287. The second-order valence-electron chi connectivity index (χ2n) is 4.49. The van der Waals surface area contributed by atoms with Gasteiger partial charge in [-0.1, -0.05) is 51.9 Å². The first-order valence-corrected chi connectivity index (χ1v) is 7.91. The minimum absolute atomic E-state index is 0. The first kappa shape index (κ1) is 19.9. The highest BCUT2D eigenvalue weighted by Gasteiger charge is 1.99. The predicted molar refractivity (Wildman–Crippen MR) is 82.2 cm³/mol. The predicted octanol–water partition coefficient (Wildman–Crippen LogP) is 3.60. The lowest BCUT2D eigenvalue weighted by Crippen LogP contribution is -2.27. The first-order valence-electron chi connectivity index (χ1n) is 6.75. The van der Waals surface area contributed by atoms with E-state index < -0.39 is 0 Å². The van der Waals surface area contributed by atoms with Gasteiger partial charge < -0.3 is 10.8 Å². The van der Waals surface area contributed by atoms with Crippen molar-refractivity contribution < 1.29 is 5.11 Å². The molecule has 106 valence electrons. The number of hydrogen-bond donors (Lipinski definition) is 2. The van der Waals surface area contributed by atoms with Crippen molar-refractivity contribution in [2.45, 2.75) is 64.3 Å². The molecule has 0 heterocycles. The van der Waals surface area contributed by atoms with Crippen LogP contribution in [0.3, 0.4) is 0 Å². The van der Waals surface area contributed by atoms with Gasteiger partial charge >= 0.3 is 0 Å². The van der Waals surface area contributed by atoms with E-state index >= 15 is 0 Å². The summed E-state index contributed by atoms with van der Waals surface area (Å²) in [5, 5.41) is 8.74. The van der Waals surface area contributed by atoms with Crippen molar-refractivity contribution in [2.75, 3.05) is 18.1 Å². The molecule has 17 heavy (non-hydrogen) atoms. The normalized spacial score (nSPS) is 12.2. The van der Waals surface area contributed by atoms with Crippen LogP contribution >= 0.6 is 24.2 Å². The number of halogens is 1. The van der Waals surface area contributed by atoms with Crippen molar-refractivity contribution in [3.8, 4) is 0 Å². The van der Waals surface area contributed by atoms with Crippen molar-refractivity contribution in [1.82, 2.24) is 0 Å². The van der Waals surface area contributed by atoms with Crippen molar-refractivity contribution in [3.63, 3.8) is 0 Å². The molecule has 0 radical (unpaired) electrons. The van der Waals surface area contributed by atoms with Gasteiger partial charge in [0.1, 0.15) is 0 Å². The number of rotatable bonds is 12. The number of nitrogens with two attached hydrogens (primary N) is 1. The Labute approximate surface area is 118 Å². The molecule has 0 rings (SSSR count). The van der Waals surface area contributed by atoms with Crippen molar-refractivity contribution in [2.24, 2.45) is 5.73 Å². The monoisotopic (exact) mass is 283 g/mol. The molecule has 0 saturated heterocycles. The van der Waals surface area contributed by atoms with Crippen LogP contribution in [0.25, 0.3) is 0 Å². The minimum Gasteiger partial charge on any atom is -0.395 e. The van der Waals surface area contributed by atoms with Crippen LogP contribution in [0.4, 0.5) is 0 Å². The molecule has 0 aliphatic rings. The van der Waals surface area contributed by atoms with Gasteiger partial charge in [-0.3, -0.25) is 0 Å². The van der Waals surface area contributed by atoms with Crippen LogP contribution < -0.4 is 5.73 Å². The van der Waals surface area contributed by atoms with Gasteiger partial charge in [-0.15, -0.1) is 12.4 Å². The number of thioether (sulfide) groups is 1. The van der Waals surface area contributed by atoms with E-state index in [0.29, 0.717) is 0 Å². The van der Waals surface area contributed by atoms with Crippen molar-refractivity contribution >= 4 is 24.2 Å². The second kappa shape index (κ2) is 16.6. The minimum atomic E-state index is -0.0287. The molecule has 0 saturated carbocycles. The molecule has 0 fully saturated rings. The highest BCUT2D eigenvalue weighted by atomic mass is 35.5. The number of unbranched alkanes of at least 4 members (excludes halogenated alkanes) is 7. The standard InChI is InChI=1S/C13H29NOS.ClH/c1-2-3-4-5-6-7-8-9-10-16-12-13(14)11-15;/h13,15H,2-12,14H2,1H3;1H. The van der Waals surface area contributed by atoms with Crippen LogP contribution in [0, 0.1) is 0 Å². The third-order valence-electron chi connectivity index (χ3n) is 2.71. The van der Waals surface area contributed by atoms with E-state index in [4.69, 9.17) is 10.8 Å². The van der Waals surface area contributed by atoms with Gasteiger partial charge in [0, 0.05) is 11.8 Å². The Balaban J connectivity index is 0. The Bertz CT molecular complexity index is 139. The van der Waals surface area contributed by atoms with Gasteiger partial charge in [0.25, 0.3) is 0 Å². The van der Waals surface area contributed by atoms with Gasteiger partial charge in [-0.2, -0.15) is 11.8 Å². The van der Waals surface area contributed by atoms with Crippen LogP contribution in [0.1, 0.15) is 58.3 Å². The lowest BCUT2D eigenvalue weighted by Gasteiger charge is -2.07. The third-order valence-corrected chi connectivity index (χ3v) is 3.95. The van der Waals surface area contributed by atoms with Crippen molar-refractivity contribution in [3.05, 3.63) is 0 Å². The summed E-state index contributed by atoms with van der Waals surface area (Å²) in [7, 11) is 0. The Morgan fingerprint density at radius 2 is 1.53 bits per heavy atom. The second-order valence-corrected chi connectivity index (χ2v) is 5.64. The highest BCUT2D eigenvalue weighted by Crippen LogP contribution is 2.11. The molecule has 0 aromatic rings. The quantitative estimate of drug-likeness (QED) is 0.538. The third kappa shape index (κ3) is 16.6. The molecule has 1 unspecified atom stereocenters. The molecule has 0 bridgehead atoms. The number of aliphatic hydroxyl groups is 1. The highest BCUT2D eigenvalue weighted by molar-refractivity contribution is 7.99. The topological polar surface area (TPSA) is 46.2 Å². The largest absolute Gasteiger partial charge is 0.395 e. The maximum atomic E-state index is 8.74. The zero-order valence-corrected chi connectivity index (χ0v) is 12.8. The summed E-state index contributed by atoms with van der Waals surface area (Å²) in [6.45, 7) is 2.37. The van der Waals surface area contributed by atoms with E-state index in [1.165, 1.54) is 57.1 Å². The first-order chi connectivity index (χ1) is 7.81. The summed E-state index contributed by atoms with van der Waals surface area (Å²) in [5.41, 5.74) is 5.61. The smallest absolute Gasteiger partial charge is 0.0590 e. The maximum Gasteiger partial charge on any atom is 0.0590 e. The zero-order valence-electron chi connectivity index (χ0n) is 11.2. The van der Waals surface area contributed by atoms with Gasteiger partial charge in [-0.05, 0) is 12.2 Å². The molecule has 2 nitrogen and oxygen atoms in total. The molecular weight excluding hydrogens is 254 g/mol. The summed E-state index contributed by atoms with van der Waals surface area (Å²) >= 11 is 1.87. The van der Waals surface area contributed by atoms with Crippen LogP contribution in [0.5, 0.6) is 0 Å². The lowest BCUT2D eigenvalue weighted by molar-refractivity contribution is 0.275. The number of aliphatic hydroxyl groups excluding tert-OH is 1. The molecule has 0 aliphatic carbocycles. The molecule has 0 spiro atoms. The Morgan fingerprint density at radius 3 is 2.06 bits per heavy atom. The Kier molecular flexibility index (Phi) is 19.4. The van der Waals surface area contributed by atoms with Gasteiger partial charge in [0.15, 0.2) is 0 Å². The fourth-order valence-corrected chi connectivity index (χ4v) is 2.61. The lowest BCUT2D eigenvalue weighted by atomic mass is 10.1. The van der Waals surface area contributed by atoms with E-state index in [-0.39, 0.29) is 25.1 Å². The van der Waals surface area contributed by atoms with Crippen LogP contribution in [-0.4, -0.2) is 29.3 Å². The van der Waals surface area contributed by atoms with E-state index in [9.17, 15) is 0 Å². The Hall–Kier alpha value is 0.560. The molecule has 0 amide bonds. The average Bonchev–Trinajstić information content (AvgIpc) is 2.31. The van der Waals surface area contributed by atoms with E-state index in [0.717, 1.165) is 5.75 Å². The molecular formula is C13H30ClNOS. The SMILES string of the molecule is CCCCCCCCCCSCC(N)CO.Cl. The summed E-state index contributed by atoms with van der Waals surface area (Å²) in [4.78, 5) is 0. The van der Waals surface area contributed by atoms with Gasteiger partial charge in [0.2, 0.25) is 0 Å². The van der Waals surface area contributed by atoms with Gasteiger partial charge in [-0.25, -0.2) is 0 Å².